The predicted octanol–water partition coefficient (Wildman–Crippen LogP) is 2.84. The number of ether oxygens (including phenoxy) is 2. The second kappa shape index (κ2) is 9.96. The smallest absolute Gasteiger partial charge is 0.289 e. The first kappa shape index (κ1) is 23.5. The number of pyridine rings is 1. The summed E-state index contributed by atoms with van der Waals surface area (Å²) >= 11 is 0. The van der Waals surface area contributed by atoms with Crippen molar-refractivity contribution in [2.24, 2.45) is 0 Å². The Morgan fingerprint density at radius 1 is 1.12 bits per heavy atom. The molecule has 0 aliphatic rings. The van der Waals surface area contributed by atoms with Gasteiger partial charge in [0.05, 0.1) is 36.7 Å². The van der Waals surface area contributed by atoms with Crippen molar-refractivity contribution in [1.29, 1.82) is 0 Å². The number of para-hydroxylation sites is 1. The van der Waals surface area contributed by atoms with Crippen LogP contribution in [0.15, 0.2) is 71.9 Å². The third-order valence-electron chi connectivity index (χ3n) is 4.52. The van der Waals surface area contributed by atoms with Crippen LogP contribution in [0.2, 0.25) is 0 Å². The number of nitrogens with one attached hydrogen (secondary N) is 1. The number of rotatable bonds is 9. The van der Waals surface area contributed by atoms with Crippen LogP contribution < -0.4 is 19.1 Å². The summed E-state index contributed by atoms with van der Waals surface area (Å²) in [6.45, 7) is -0.689. The minimum absolute atomic E-state index is 0.00205. The number of nitrogens with zero attached hydrogens (tertiary/aromatic N) is 3. The normalized spacial score (nSPS) is 10.8. The molecule has 33 heavy (non-hydrogen) atoms. The van der Waals surface area contributed by atoms with E-state index in [1.807, 2.05) is 0 Å². The standard InChI is InChI=1S/C21H20N4O7S/c1-31-16-9-10-17(19(12-16)32-2)24(14-21(26)23-15-6-5-11-22-13-15)33(29,30)20-8-4-3-7-18(20)25(27)28/h3-13H,14H2,1-2H3,(H,23,26). The van der Waals surface area contributed by atoms with Crippen LogP contribution in [-0.4, -0.2) is 45.0 Å². The zero-order valence-electron chi connectivity index (χ0n) is 17.7. The van der Waals surface area contributed by atoms with Crippen molar-refractivity contribution >= 4 is 33.0 Å². The summed E-state index contributed by atoms with van der Waals surface area (Å²) in [4.78, 5) is 26.8. The second-order valence-electron chi connectivity index (χ2n) is 6.56. The molecule has 1 heterocycles. The maximum atomic E-state index is 13.6. The molecule has 1 N–H and O–H groups in total. The maximum Gasteiger partial charge on any atom is 0.289 e. The molecule has 172 valence electrons. The van der Waals surface area contributed by atoms with Gasteiger partial charge in [0.2, 0.25) is 5.91 Å². The Hall–Kier alpha value is -4.19. The summed E-state index contributed by atoms with van der Waals surface area (Å²) in [6, 6.07) is 12.4. The fourth-order valence-corrected chi connectivity index (χ4v) is 4.59. The molecule has 3 rings (SSSR count). The van der Waals surface area contributed by atoms with Gasteiger partial charge in [-0.05, 0) is 30.3 Å². The number of benzene rings is 2. The molecule has 12 heteroatoms. The van der Waals surface area contributed by atoms with Crippen molar-refractivity contribution in [1.82, 2.24) is 4.98 Å². The molecule has 0 spiro atoms. The highest BCUT2D eigenvalue weighted by Gasteiger charge is 2.34. The number of hydrogen-bond donors (Lipinski definition) is 1. The van der Waals surface area contributed by atoms with Gasteiger partial charge in [0, 0.05) is 18.3 Å². The summed E-state index contributed by atoms with van der Waals surface area (Å²) in [5.74, 6) is -0.216. The molecule has 0 aliphatic heterocycles. The van der Waals surface area contributed by atoms with Crippen LogP contribution in [0.4, 0.5) is 17.1 Å². The summed E-state index contributed by atoms with van der Waals surface area (Å²) in [5, 5.41) is 14.0. The largest absolute Gasteiger partial charge is 0.497 e. The Morgan fingerprint density at radius 3 is 2.52 bits per heavy atom. The van der Waals surface area contributed by atoms with E-state index in [-0.39, 0.29) is 11.4 Å². The van der Waals surface area contributed by atoms with Crippen LogP contribution in [0.3, 0.4) is 0 Å². The topological polar surface area (TPSA) is 141 Å². The van der Waals surface area contributed by atoms with Gasteiger partial charge >= 0.3 is 0 Å². The number of sulfonamides is 1. The zero-order valence-corrected chi connectivity index (χ0v) is 18.5. The first-order valence-electron chi connectivity index (χ1n) is 9.46. The van der Waals surface area contributed by atoms with E-state index in [1.165, 1.54) is 56.9 Å². The third kappa shape index (κ3) is 5.18. The fraction of sp³-hybridized carbons (Fsp3) is 0.143. The molecule has 0 bridgehead atoms. The number of nitro benzene ring substituents is 1. The zero-order chi connectivity index (χ0) is 24.0. The maximum absolute atomic E-state index is 13.6. The van der Waals surface area contributed by atoms with Gasteiger partial charge in [-0.25, -0.2) is 8.42 Å². The first-order valence-corrected chi connectivity index (χ1v) is 10.9. The number of carbonyl (C=O) groups is 1. The summed E-state index contributed by atoms with van der Waals surface area (Å²) < 4.78 is 38.4. The van der Waals surface area contributed by atoms with Crippen molar-refractivity contribution < 1.29 is 27.6 Å². The van der Waals surface area contributed by atoms with E-state index in [0.717, 1.165) is 16.4 Å². The summed E-state index contributed by atoms with van der Waals surface area (Å²) in [7, 11) is -1.82. The van der Waals surface area contributed by atoms with Gasteiger partial charge in [0.15, 0.2) is 4.90 Å². The lowest BCUT2D eigenvalue weighted by atomic mass is 10.2. The summed E-state index contributed by atoms with van der Waals surface area (Å²) in [5.41, 5.74) is -0.271. The van der Waals surface area contributed by atoms with E-state index in [0.29, 0.717) is 11.4 Å². The van der Waals surface area contributed by atoms with Crippen LogP contribution in [0.1, 0.15) is 0 Å². The van der Waals surface area contributed by atoms with E-state index in [9.17, 15) is 23.3 Å². The molecule has 3 aromatic rings. The van der Waals surface area contributed by atoms with Gasteiger partial charge in [-0.15, -0.1) is 0 Å². The number of methoxy groups -OCH3 is 2. The number of carbonyl (C=O) groups excluding carboxylic acids is 1. The average Bonchev–Trinajstić information content (AvgIpc) is 2.82. The molecule has 0 unspecified atom stereocenters. The molecule has 11 nitrogen and oxygen atoms in total. The van der Waals surface area contributed by atoms with Gasteiger partial charge in [-0.3, -0.25) is 24.2 Å². The van der Waals surface area contributed by atoms with E-state index in [2.05, 4.69) is 10.3 Å². The first-order chi connectivity index (χ1) is 15.8. The Morgan fingerprint density at radius 2 is 1.88 bits per heavy atom. The number of nitro groups is 1. The Kier molecular flexibility index (Phi) is 7.08. The Bertz CT molecular complexity index is 1270. The lowest BCUT2D eigenvalue weighted by Crippen LogP contribution is -2.38. The molecule has 0 radical (unpaired) electrons. The molecule has 0 atom stereocenters. The Balaban J connectivity index is 2.11. The van der Waals surface area contributed by atoms with E-state index < -0.39 is 38.0 Å². The fourth-order valence-electron chi connectivity index (χ4n) is 3.00. The van der Waals surface area contributed by atoms with Crippen LogP contribution in [0, 0.1) is 10.1 Å². The lowest BCUT2D eigenvalue weighted by molar-refractivity contribution is -0.387. The molecular formula is C21H20N4O7S. The lowest BCUT2D eigenvalue weighted by Gasteiger charge is -2.25. The highest BCUT2D eigenvalue weighted by molar-refractivity contribution is 7.93. The number of anilines is 2. The van der Waals surface area contributed by atoms with Crippen molar-refractivity contribution in [3.63, 3.8) is 0 Å². The quantitative estimate of drug-likeness (QED) is 0.370. The van der Waals surface area contributed by atoms with Gasteiger partial charge in [0.1, 0.15) is 18.0 Å². The molecule has 1 aromatic heterocycles. The van der Waals surface area contributed by atoms with Crippen molar-refractivity contribution in [2.75, 3.05) is 30.4 Å². The number of amides is 1. The number of aromatic nitrogens is 1. The van der Waals surface area contributed by atoms with Crippen molar-refractivity contribution in [2.45, 2.75) is 4.90 Å². The van der Waals surface area contributed by atoms with E-state index >= 15 is 0 Å². The molecular weight excluding hydrogens is 452 g/mol. The number of hydrogen-bond acceptors (Lipinski definition) is 8. The molecule has 0 saturated heterocycles. The Labute approximate surface area is 189 Å². The highest BCUT2D eigenvalue weighted by atomic mass is 32.2. The van der Waals surface area contributed by atoms with Crippen LogP contribution in [0.25, 0.3) is 0 Å². The van der Waals surface area contributed by atoms with Crippen LogP contribution >= 0.6 is 0 Å². The molecule has 0 saturated carbocycles. The van der Waals surface area contributed by atoms with E-state index in [4.69, 9.17) is 9.47 Å². The van der Waals surface area contributed by atoms with Crippen molar-refractivity contribution in [3.8, 4) is 11.5 Å². The van der Waals surface area contributed by atoms with Gasteiger partial charge in [-0.1, -0.05) is 12.1 Å². The summed E-state index contributed by atoms with van der Waals surface area (Å²) in [6.07, 6.45) is 2.91. The molecule has 0 aliphatic carbocycles. The molecule has 2 aromatic carbocycles. The predicted molar refractivity (Wildman–Crippen MR) is 120 cm³/mol. The van der Waals surface area contributed by atoms with Gasteiger partial charge in [-0.2, -0.15) is 0 Å². The van der Waals surface area contributed by atoms with Gasteiger partial charge < -0.3 is 14.8 Å². The monoisotopic (exact) mass is 472 g/mol. The highest BCUT2D eigenvalue weighted by Crippen LogP contribution is 2.37. The minimum atomic E-state index is -4.57. The SMILES string of the molecule is COc1ccc(N(CC(=O)Nc2cccnc2)S(=O)(=O)c2ccccc2[N+](=O)[O-])c(OC)c1. The average molecular weight is 472 g/mol. The van der Waals surface area contributed by atoms with Crippen molar-refractivity contribution in [3.05, 3.63) is 77.1 Å². The minimum Gasteiger partial charge on any atom is -0.497 e. The third-order valence-corrected chi connectivity index (χ3v) is 6.33. The van der Waals surface area contributed by atoms with Crippen LogP contribution in [-0.2, 0) is 14.8 Å². The van der Waals surface area contributed by atoms with E-state index in [1.54, 1.807) is 12.1 Å². The molecule has 1 amide bonds. The molecule has 0 fully saturated rings. The second-order valence-corrected chi connectivity index (χ2v) is 8.39. The van der Waals surface area contributed by atoms with Crippen LogP contribution in [0.5, 0.6) is 11.5 Å². The van der Waals surface area contributed by atoms with Gasteiger partial charge in [0.25, 0.3) is 15.7 Å².